The van der Waals surface area contributed by atoms with E-state index in [0.29, 0.717) is 0 Å². The summed E-state index contributed by atoms with van der Waals surface area (Å²) in [5.41, 5.74) is 0. The van der Waals surface area contributed by atoms with Gasteiger partial charge in [-0.25, -0.2) is 0 Å². The third kappa shape index (κ3) is 6.30. The standard InChI is InChI=1S/C6H14O5P2/c1-3-10-13(9,11-4-2)6-5-12(7)8/h3-6H2,1-2H3/p+1. The molecular weight excluding hydrogens is 214 g/mol. The summed E-state index contributed by atoms with van der Waals surface area (Å²) in [6.07, 6.45) is -0.0486. The van der Waals surface area contributed by atoms with Crippen LogP contribution >= 0.6 is 15.6 Å². The molecule has 0 saturated heterocycles. The van der Waals surface area contributed by atoms with Crippen LogP contribution in [0.25, 0.3) is 0 Å². The molecule has 0 aromatic rings. The Hall–Kier alpha value is 0.210. The monoisotopic (exact) mass is 229 g/mol. The Balaban J connectivity index is 4.07. The molecular formula is C6H15O5P2+. The molecule has 1 unspecified atom stereocenters. The van der Waals surface area contributed by atoms with E-state index in [2.05, 4.69) is 0 Å². The van der Waals surface area contributed by atoms with E-state index in [-0.39, 0.29) is 25.5 Å². The lowest BCUT2D eigenvalue weighted by molar-refractivity contribution is 0.221. The van der Waals surface area contributed by atoms with E-state index in [1.165, 1.54) is 0 Å². The van der Waals surface area contributed by atoms with Crippen molar-refractivity contribution in [3.8, 4) is 0 Å². The summed E-state index contributed by atoms with van der Waals surface area (Å²) in [5, 5.41) is 0. The van der Waals surface area contributed by atoms with E-state index >= 15 is 0 Å². The molecule has 78 valence electrons. The third-order valence-corrected chi connectivity index (χ3v) is 4.25. The van der Waals surface area contributed by atoms with Crippen LogP contribution in [0, 0.1) is 0 Å². The molecule has 0 amide bonds. The fourth-order valence-electron chi connectivity index (χ4n) is 0.768. The van der Waals surface area contributed by atoms with Crippen molar-refractivity contribution in [1.29, 1.82) is 0 Å². The van der Waals surface area contributed by atoms with E-state index in [4.69, 9.17) is 13.9 Å². The Kier molecular flexibility index (Phi) is 6.74. The van der Waals surface area contributed by atoms with Gasteiger partial charge >= 0.3 is 15.6 Å². The lowest BCUT2D eigenvalue weighted by Crippen LogP contribution is -2.01. The van der Waals surface area contributed by atoms with Gasteiger partial charge in [0.2, 0.25) is 0 Å². The number of hydrogen-bond acceptors (Lipinski definition) is 4. The molecule has 0 saturated carbocycles. The van der Waals surface area contributed by atoms with Crippen LogP contribution in [0.4, 0.5) is 0 Å². The molecule has 0 aromatic heterocycles. The van der Waals surface area contributed by atoms with Crippen molar-refractivity contribution in [2.24, 2.45) is 0 Å². The largest absolute Gasteiger partial charge is 0.506 e. The van der Waals surface area contributed by atoms with Crippen LogP contribution in [0.15, 0.2) is 0 Å². The highest BCUT2D eigenvalue weighted by atomic mass is 31.2. The van der Waals surface area contributed by atoms with Crippen LogP contribution in [-0.4, -0.2) is 30.4 Å². The highest BCUT2D eigenvalue weighted by molar-refractivity contribution is 7.54. The molecule has 0 radical (unpaired) electrons. The smallest absolute Gasteiger partial charge is 0.309 e. The molecule has 13 heavy (non-hydrogen) atoms. The average Bonchev–Trinajstić information content (AvgIpc) is 2.02. The maximum atomic E-state index is 11.6. The van der Waals surface area contributed by atoms with Gasteiger partial charge in [0.1, 0.15) is 0 Å². The first-order chi connectivity index (χ1) is 6.04. The Labute approximate surface area is 78.8 Å². The van der Waals surface area contributed by atoms with Gasteiger partial charge in [0, 0.05) is 0 Å². The maximum absolute atomic E-state index is 11.6. The lowest BCUT2D eigenvalue weighted by Gasteiger charge is -2.13. The maximum Gasteiger partial charge on any atom is 0.506 e. The summed E-state index contributed by atoms with van der Waals surface area (Å²) in [5.74, 6) is 0. The lowest BCUT2D eigenvalue weighted by atomic mass is 10.9. The first-order valence-electron chi connectivity index (χ1n) is 4.05. The molecule has 0 fully saturated rings. The Morgan fingerprint density at radius 1 is 1.31 bits per heavy atom. The molecule has 0 spiro atoms. The summed E-state index contributed by atoms with van der Waals surface area (Å²) in [4.78, 5) is 8.53. The van der Waals surface area contributed by atoms with Crippen molar-refractivity contribution in [2.45, 2.75) is 13.8 Å². The summed E-state index contributed by atoms with van der Waals surface area (Å²) in [6, 6.07) is 0. The molecule has 1 atom stereocenters. The van der Waals surface area contributed by atoms with Crippen molar-refractivity contribution in [3.63, 3.8) is 0 Å². The second-order valence-corrected chi connectivity index (χ2v) is 5.58. The van der Waals surface area contributed by atoms with Gasteiger partial charge in [0.25, 0.3) is 0 Å². The zero-order valence-corrected chi connectivity index (χ0v) is 9.59. The molecule has 1 N–H and O–H groups in total. The van der Waals surface area contributed by atoms with Crippen LogP contribution in [0.2, 0.25) is 0 Å². The first-order valence-corrected chi connectivity index (χ1v) is 7.18. The molecule has 0 heterocycles. The van der Waals surface area contributed by atoms with E-state index in [1.807, 2.05) is 0 Å². The molecule has 0 rings (SSSR count). The SMILES string of the molecule is CCOP(=O)(CC[P+](=O)O)OCC. The zero-order valence-electron chi connectivity index (χ0n) is 7.80. The molecule has 0 bridgehead atoms. The van der Waals surface area contributed by atoms with Gasteiger partial charge in [-0.15, -0.1) is 0 Å². The van der Waals surface area contributed by atoms with Crippen molar-refractivity contribution in [1.82, 2.24) is 0 Å². The average molecular weight is 229 g/mol. The van der Waals surface area contributed by atoms with Gasteiger partial charge in [0.15, 0.2) is 6.16 Å². The summed E-state index contributed by atoms with van der Waals surface area (Å²) in [6.45, 7) is 3.95. The van der Waals surface area contributed by atoms with Gasteiger partial charge < -0.3 is 9.05 Å². The minimum absolute atomic E-state index is 0.000381. The molecule has 0 aliphatic carbocycles. The number of rotatable bonds is 7. The molecule has 0 aliphatic heterocycles. The highest BCUT2D eigenvalue weighted by Gasteiger charge is 2.28. The molecule has 0 aromatic carbocycles. The highest BCUT2D eigenvalue weighted by Crippen LogP contribution is 2.48. The normalized spacial score (nSPS) is 13.0. The van der Waals surface area contributed by atoms with E-state index in [0.717, 1.165) is 0 Å². The Bertz CT molecular complexity index is 195. The fourth-order valence-corrected chi connectivity index (χ4v) is 3.55. The molecule has 0 aliphatic rings. The zero-order chi connectivity index (χ0) is 10.3. The van der Waals surface area contributed by atoms with Crippen LogP contribution in [0.3, 0.4) is 0 Å². The summed E-state index contributed by atoms with van der Waals surface area (Å²) in [7, 11) is -5.39. The van der Waals surface area contributed by atoms with E-state index in [9.17, 15) is 9.13 Å². The van der Waals surface area contributed by atoms with Crippen molar-refractivity contribution in [2.75, 3.05) is 25.5 Å². The van der Waals surface area contributed by atoms with Gasteiger partial charge in [-0.3, -0.25) is 4.57 Å². The topological polar surface area (TPSA) is 72.8 Å². The van der Waals surface area contributed by atoms with Crippen molar-refractivity contribution < 1.29 is 23.1 Å². The van der Waals surface area contributed by atoms with E-state index in [1.54, 1.807) is 13.8 Å². The first kappa shape index (κ1) is 13.2. The Morgan fingerprint density at radius 2 is 1.77 bits per heavy atom. The predicted octanol–water partition coefficient (Wildman–Crippen LogP) is 1.99. The van der Waals surface area contributed by atoms with Gasteiger partial charge in [-0.1, -0.05) is 0 Å². The van der Waals surface area contributed by atoms with Crippen molar-refractivity contribution >= 4 is 15.6 Å². The van der Waals surface area contributed by atoms with Crippen LogP contribution < -0.4 is 0 Å². The van der Waals surface area contributed by atoms with E-state index < -0.39 is 15.6 Å². The van der Waals surface area contributed by atoms with Crippen LogP contribution in [-0.2, 0) is 18.2 Å². The van der Waals surface area contributed by atoms with Crippen molar-refractivity contribution in [3.05, 3.63) is 0 Å². The van der Waals surface area contributed by atoms with Crippen LogP contribution in [0.1, 0.15) is 13.8 Å². The minimum atomic E-state index is -3.12. The second kappa shape index (κ2) is 6.63. The Morgan fingerprint density at radius 3 is 2.08 bits per heavy atom. The van der Waals surface area contributed by atoms with Gasteiger partial charge in [0.05, 0.1) is 19.4 Å². The summed E-state index contributed by atoms with van der Waals surface area (Å²) < 4.78 is 31.8. The van der Waals surface area contributed by atoms with Crippen LogP contribution in [0.5, 0.6) is 0 Å². The quantitative estimate of drug-likeness (QED) is 0.675. The second-order valence-electron chi connectivity index (χ2n) is 2.25. The fraction of sp³-hybridized carbons (Fsp3) is 1.00. The third-order valence-electron chi connectivity index (χ3n) is 1.22. The van der Waals surface area contributed by atoms with Gasteiger partial charge in [-0.05, 0) is 18.4 Å². The molecule has 5 nitrogen and oxygen atoms in total. The predicted molar refractivity (Wildman–Crippen MR) is 50.4 cm³/mol. The molecule has 7 heteroatoms. The minimum Gasteiger partial charge on any atom is -0.309 e. The summed E-state index contributed by atoms with van der Waals surface area (Å²) >= 11 is 0. The van der Waals surface area contributed by atoms with Gasteiger partial charge in [-0.2, -0.15) is 4.89 Å². The number of hydrogen-bond donors (Lipinski definition) is 1.